The summed E-state index contributed by atoms with van der Waals surface area (Å²) >= 11 is 0. The normalized spacial score (nSPS) is 19.8. The summed E-state index contributed by atoms with van der Waals surface area (Å²) < 4.78 is 1.99. The van der Waals surface area contributed by atoms with Crippen LogP contribution in [0.4, 0.5) is 0 Å². The minimum atomic E-state index is -0.0432. The number of fused-ring (bicyclic) bond motifs is 1. The fourth-order valence-corrected chi connectivity index (χ4v) is 4.77. The van der Waals surface area contributed by atoms with Crippen LogP contribution in [0.2, 0.25) is 0 Å². The number of aromatic nitrogens is 4. The van der Waals surface area contributed by atoms with E-state index in [1.54, 1.807) is 0 Å². The number of benzene rings is 1. The maximum atomic E-state index is 12.5. The summed E-state index contributed by atoms with van der Waals surface area (Å²) in [7, 11) is 2.02. The van der Waals surface area contributed by atoms with E-state index in [9.17, 15) is 4.79 Å². The Kier molecular flexibility index (Phi) is 5.78. The summed E-state index contributed by atoms with van der Waals surface area (Å²) in [5, 5.41) is 8.80. The maximum absolute atomic E-state index is 12.5. The molecule has 0 aliphatic carbocycles. The first-order valence-corrected chi connectivity index (χ1v) is 11.4. The van der Waals surface area contributed by atoms with Gasteiger partial charge >= 0.3 is 0 Å². The first-order chi connectivity index (χ1) is 15.2. The van der Waals surface area contributed by atoms with Crippen LogP contribution < -0.4 is 5.32 Å². The van der Waals surface area contributed by atoms with Gasteiger partial charge in [0.2, 0.25) is 0 Å². The highest BCUT2D eigenvalue weighted by atomic mass is 16.1. The Bertz CT molecular complexity index is 1080. The largest absolute Gasteiger partial charge is 0.307 e. The molecule has 1 N–H and O–H groups in total. The summed E-state index contributed by atoms with van der Waals surface area (Å²) in [6, 6.07) is 6.25. The zero-order valence-corrected chi connectivity index (χ0v) is 18.2. The molecule has 0 saturated carbocycles. The summed E-state index contributed by atoms with van der Waals surface area (Å²) in [6.07, 6.45) is 9.93. The molecule has 2 aliphatic rings. The molecule has 3 aromatic rings. The predicted molar refractivity (Wildman–Crippen MR) is 121 cm³/mol. The van der Waals surface area contributed by atoms with Crippen LogP contribution in [0.3, 0.4) is 0 Å². The summed E-state index contributed by atoms with van der Waals surface area (Å²) in [4.78, 5) is 24.2. The summed E-state index contributed by atoms with van der Waals surface area (Å²) in [6.45, 7) is 4.15. The van der Waals surface area contributed by atoms with Crippen LogP contribution >= 0.6 is 0 Å². The predicted octanol–water partition coefficient (Wildman–Crippen LogP) is 2.88. The van der Waals surface area contributed by atoms with Crippen molar-refractivity contribution < 1.29 is 4.79 Å². The lowest BCUT2D eigenvalue weighted by molar-refractivity contribution is -0.120. The topological polar surface area (TPSA) is 75.9 Å². The highest BCUT2D eigenvalue weighted by Gasteiger charge is 2.23. The third kappa shape index (κ3) is 4.38. The molecule has 7 nitrogen and oxygen atoms in total. The second-order valence-corrected chi connectivity index (χ2v) is 8.82. The van der Waals surface area contributed by atoms with Gasteiger partial charge in [0.25, 0.3) is 0 Å². The Labute approximate surface area is 182 Å². The number of nitrogens with one attached hydrogen (secondary N) is 1. The quantitative estimate of drug-likeness (QED) is 0.663. The Morgan fingerprint density at radius 3 is 2.84 bits per heavy atom. The van der Waals surface area contributed by atoms with Gasteiger partial charge in [-0.2, -0.15) is 5.10 Å². The molecule has 2 saturated heterocycles. The van der Waals surface area contributed by atoms with E-state index in [1.807, 2.05) is 24.1 Å². The van der Waals surface area contributed by atoms with Gasteiger partial charge in [-0.15, -0.1) is 0 Å². The van der Waals surface area contributed by atoms with E-state index in [-0.39, 0.29) is 18.2 Å². The number of hydrogen-bond acceptors (Lipinski definition) is 6. The van der Waals surface area contributed by atoms with Crippen LogP contribution in [0.25, 0.3) is 22.0 Å². The van der Waals surface area contributed by atoms with Gasteiger partial charge < -0.3 is 5.32 Å². The fourth-order valence-electron chi connectivity index (χ4n) is 4.77. The number of rotatable bonds is 6. The molecule has 0 unspecified atom stereocenters. The lowest BCUT2D eigenvalue weighted by Gasteiger charge is -2.26. The van der Waals surface area contributed by atoms with E-state index >= 15 is 0 Å². The maximum Gasteiger partial charge on any atom is 0.157 e. The molecule has 0 amide bonds. The zero-order valence-electron chi connectivity index (χ0n) is 18.2. The third-order valence-electron chi connectivity index (χ3n) is 6.61. The smallest absolute Gasteiger partial charge is 0.157 e. The fraction of sp³-hybridized carbons (Fsp3) is 0.500. The minimum absolute atomic E-state index is 0.0432. The standard InChI is InChI=1S/C24H30N6O/c1-29-22(16-30-10-3-2-4-11-30)19(15-27-29)17-7-8-18-14-26-24(28-21(18)12-17)13-23(31)20-6-5-9-25-20/h7-8,12,14-15,20,25H,2-6,9-11,13,16H2,1H3/t20-/m1/s1. The van der Waals surface area contributed by atoms with Crippen molar-refractivity contribution in [2.45, 2.75) is 51.1 Å². The number of ketones is 1. The number of carbonyl (C=O) groups is 1. The third-order valence-corrected chi connectivity index (χ3v) is 6.61. The lowest BCUT2D eigenvalue weighted by atomic mass is 10.0. The summed E-state index contributed by atoms with van der Waals surface area (Å²) in [5.74, 6) is 0.784. The Morgan fingerprint density at radius 2 is 2.03 bits per heavy atom. The molecule has 0 radical (unpaired) electrons. The molecule has 1 aromatic carbocycles. The van der Waals surface area contributed by atoms with Crippen LogP contribution in [0, 0.1) is 0 Å². The van der Waals surface area contributed by atoms with Crippen molar-refractivity contribution in [3.63, 3.8) is 0 Å². The number of piperidine rings is 1. The second kappa shape index (κ2) is 8.85. The molecule has 7 heteroatoms. The Balaban J connectivity index is 1.41. The monoisotopic (exact) mass is 418 g/mol. The van der Waals surface area contributed by atoms with Gasteiger partial charge in [-0.3, -0.25) is 14.4 Å². The van der Waals surface area contributed by atoms with Crippen molar-refractivity contribution in [1.29, 1.82) is 0 Å². The molecule has 1 atom stereocenters. The van der Waals surface area contributed by atoms with E-state index < -0.39 is 0 Å². The van der Waals surface area contributed by atoms with Crippen LogP contribution in [0.15, 0.2) is 30.6 Å². The van der Waals surface area contributed by atoms with E-state index in [0.717, 1.165) is 61.1 Å². The number of hydrogen-bond donors (Lipinski definition) is 1. The van der Waals surface area contributed by atoms with Crippen LogP contribution in [0.1, 0.15) is 43.6 Å². The zero-order chi connectivity index (χ0) is 21.2. The van der Waals surface area contributed by atoms with Gasteiger partial charge in [0.1, 0.15) is 5.82 Å². The van der Waals surface area contributed by atoms with E-state index in [0.29, 0.717) is 5.82 Å². The Hall–Kier alpha value is -2.64. The lowest BCUT2D eigenvalue weighted by Crippen LogP contribution is -2.32. The van der Waals surface area contributed by atoms with Gasteiger partial charge in [0.15, 0.2) is 5.78 Å². The van der Waals surface area contributed by atoms with Crippen molar-refractivity contribution in [1.82, 2.24) is 30.0 Å². The molecule has 31 heavy (non-hydrogen) atoms. The Morgan fingerprint density at radius 1 is 1.16 bits per heavy atom. The average Bonchev–Trinajstić information content (AvgIpc) is 3.45. The van der Waals surface area contributed by atoms with Crippen molar-refractivity contribution in [3.05, 3.63) is 42.1 Å². The van der Waals surface area contributed by atoms with Crippen LogP contribution in [-0.4, -0.2) is 56.1 Å². The molecule has 2 fully saturated rings. The molecule has 5 rings (SSSR count). The molecule has 2 aliphatic heterocycles. The van der Waals surface area contributed by atoms with E-state index in [2.05, 4.69) is 38.5 Å². The van der Waals surface area contributed by atoms with Crippen molar-refractivity contribution >= 4 is 16.7 Å². The van der Waals surface area contributed by atoms with Gasteiger partial charge in [0.05, 0.1) is 29.9 Å². The SMILES string of the molecule is Cn1ncc(-c2ccc3cnc(CC(=O)[C@H]4CCCN4)nc3c2)c1CN1CCCCC1. The molecule has 162 valence electrons. The van der Waals surface area contributed by atoms with Crippen molar-refractivity contribution in [2.24, 2.45) is 7.05 Å². The number of Topliss-reactive ketones (excluding diaryl/α,β-unsaturated/α-hetero) is 1. The minimum Gasteiger partial charge on any atom is -0.307 e. The average molecular weight is 419 g/mol. The molecule has 2 aromatic heterocycles. The highest BCUT2D eigenvalue weighted by molar-refractivity contribution is 5.87. The highest BCUT2D eigenvalue weighted by Crippen LogP contribution is 2.28. The van der Waals surface area contributed by atoms with Crippen LogP contribution in [0.5, 0.6) is 0 Å². The molecule has 0 bridgehead atoms. The van der Waals surface area contributed by atoms with Crippen molar-refractivity contribution in [2.75, 3.05) is 19.6 Å². The number of nitrogens with zero attached hydrogens (tertiary/aromatic N) is 5. The van der Waals surface area contributed by atoms with E-state index in [1.165, 1.54) is 25.0 Å². The van der Waals surface area contributed by atoms with Gasteiger partial charge in [-0.1, -0.05) is 18.6 Å². The molecular formula is C24H30N6O. The van der Waals surface area contributed by atoms with Gasteiger partial charge in [-0.25, -0.2) is 9.97 Å². The second-order valence-electron chi connectivity index (χ2n) is 8.82. The first kappa shape index (κ1) is 20.3. The van der Waals surface area contributed by atoms with Crippen molar-refractivity contribution in [3.8, 4) is 11.1 Å². The molecule has 0 spiro atoms. The van der Waals surface area contributed by atoms with Gasteiger partial charge in [0, 0.05) is 30.7 Å². The number of likely N-dealkylation sites (tertiary alicyclic amines) is 1. The van der Waals surface area contributed by atoms with E-state index in [4.69, 9.17) is 4.98 Å². The number of carbonyl (C=O) groups excluding carboxylic acids is 1. The molecular weight excluding hydrogens is 388 g/mol. The van der Waals surface area contributed by atoms with Gasteiger partial charge in [-0.05, 0) is 56.9 Å². The van der Waals surface area contributed by atoms with Crippen LogP contribution in [-0.2, 0) is 24.8 Å². The first-order valence-electron chi connectivity index (χ1n) is 11.4. The summed E-state index contributed by atoms with van der Waals surface area (Å²) in [5.41, 5.74) is 4.38. The number of aryl methyl sites for hydroxylation is 1. The molecule has 4 heterocycles.